The molecular weight excluding hydrogens is 496 g/mol. The van der Waals surface area contributed by atoms with Gasteiger partial charge in [0, 0.05) is 25.8 Å². The van der Waals surface area contributed by atoms with Gasteiger partial charge in [0.15, 0.2) is 0 Å². The second-order valence-corrected chi connectivity index (χ2v) is 9.56. The van der Waals surface area contributed by atoms with Crippen molar-refractivity contribution in [3.8, 4) is 0 Å². The highest BCUT2D eigenvalue weighted by Gasteiger charge is 2.09. The van der Waals surface area contributed by atoms with Crippen molar-refractivity contribution in [2.45, 2.75) is 23.4 Å². The first kappa shape index (κ1) is 19.6. The molecule has 1 aromatic heterocycles. The molecule has 0 fully saturated rings. The van der Waals surface area contributed by atoms with Crippen LogP contribution in [0.2, 0.25) is 0 Å². The van der Waals surface area contributed by atoms with Crippen LogP contribution < -0.4 is 5.32 Å². The zero-order chi connectivity index (χ0) is 18.5. The van der Waals surface area contributed by atoms with E-state index in [2.05, 4.69) is 54.3 Å². The largest absolute Gasteiger partial charge is 0.326 e. The lowest BCUT2D eigenvalue weighted by molar-refractivity contribution is -0.115. The Kier molecular flexibility index (Phi) is 6.92. The van der Waals surface area contributed by atoms with Gasteiger partial charge in [-0.25, -0.2) is 4.98 Å². The summed E-state index contributed by atoms with van der Waals surface area (Å²) in [5.74, 6) is 0.811. The van der Waals surface area contributed by atoms with Gasteiger partial charge >= 0.3 is 0 Å². The Hall–Kier alpha value is -1.15. The van der Waals surface area contributed by atoms with E-state index in [9.17, 15) is 4.79 Å². The van der Waals surface area contributed by atoms with E-state index >= 15 is 0 Å². The molecule has 0 aliphatic rings. The Morgan fingerprint density at radius 1 is 1.19 bits per heavy atom. The van der Waals surface area contributed by atoms with Gasteiger partial charge in [0.25, 0.3) is 0 Å². The van der Waals surface area contributed by atoms with Crippen LogP contribution in [0.1, 0.15) is 16.8 Å². The molecule has 0 atom stereocenters. The number of hydrogen-bond acceptors (Lipinski definition) is 4. The Bertz CT molecular complexity index is 910. The molecule has 3 rings (SSSR count). The lowest BCUT2D eigenvalue weighted by Crippen LogP contribution is -2.14. The van der Waals surface area contributed by atoms with E-state index in [0.717, 1.165) is 36.0 Å². The van der Waals surface area contributed by atoms with Crippen molar-refractivity contribution < 1.29 is 4.79 Å². The number of carbonyl (C=O) groups excluding carboxylic acids is 1. The van der Waals surface area contributed by atoms with Crippen LogP contribution in [0.25, 0.3) is 0 Å². The lowest BCUT2D eigenvalue weighted by Gasteiger charge is -2.06. The number of anilines is 1. The Balaban J connectivity index is 1.53. The van der Waals surface area contributed by atoms with Crippen LogP contribution in [0.4, 0.5) is 5.69 Å². The minimum absolute atomic E-state index is 0.0542. The van der Waals surface area contributed by atoms with Crippen molar-refractivity contribution >= 4 is 66.6 Å². The van der Waals surface area contributed by atoms with Crippen LogP contribution in [-0.2, 0) is 17.0 Å². The molecule has 3 nitrogen and oxygen atoms in total. The van der Waals surface area contributed by atoms with Gasteiger partial charge in [-0.05, 0) is 48.4 Å². The maximum atomic E-state index is 12.2. The zero-order valence-corrected chi connectivity index (χ0v) is 18.8. The van der Waals surface area contributed by atoms with E-state index in [1.807, 2.05) is 42.6 Å². The molecule has 134 valence electrons. The Labute approximate surface area is 177 Å². The van der Waals surface area contributed by atoms with Crippen molar-refractivity contribution in [2.75, 3.05) is 5.32 Å². The van der Waals surface area contributed by atoms with Crippen molar-refractivity contribution in [1.29, 1.82) is 0 Å². The number of aromatic nitrogens is 1. The first-order valence-electron chi connectivity index (χ1n) is 7.87. The SMILES string of the molecule is Cc1cc(NC(=O)Cc2csc(SCc3ccc(Br)cc3)n2)ccc1Br. The summed E-state index contributed by atoms with van der Waals surface area (Å²) in [7, 11) is 0. The van der Waals surface area contributed by atoms with E-state index in [0.29, 0.717) is 0 Å². The number of rotatable bonds is 6. The van der Waals surface area contributed by atoms with Crippen molar-refractivity contribution in [3.05, 3.63) is 73.6 Å². The summed E-state index contributed by atoms with van der Waals surface area (Å²) in [6.07, 6.45) is 0.282. The Morgan fingerprint density at radius 2 is 1.96 bits per heavy atom. The first-order valence-corrected chi connectivity index (χ1v) is 11.3. The predicted octanol–water partition coefficient (Wildman–Crippen LogP) is 6.45. The molecule has 0 radical (unpaired) electrons. The number of carbonyl (C=O) groups is 1. The highest BCUT2D eigenvalue weighted by Crippen LogP contribution is 2.27. The van der Waals surface area contributed by atoms with Crippen LogP contribution >= 0.6 is 55.0 Å². The molecule has 2 aromatic carbocycles. The van der Waals surface area contributed by atoms with Crippen molar-refractivity contribution in [2.24, 2.45) is 0 Å². The topological polar surface area (TPSA) is 42.0 Å². The van der Waals surface area contributed by atoms with Gasteiger partial charge in [-0.3, -0.25) is 4.79 Å². The van der Waals surface area contributed by atoms with Crippen molar-refractivity contribution in [3.63, 3.8) is 0 Å². The fourth-order valence-electron chi connectivity index (χ4n) is 2.25. The second kappa shape index (κ2) is 9.17. The first-order chi connectivity index (χ1) is 12.5. The predicted molar refractivity (Wildman–Crippen MR) is 117 cm³/mol. The summed E-state index contributed by atoms with van der Waals surface area (Å²) in [4.78, 5) is 16.8. The summed E-state index contributed by atoms with van der Waals surface area (Å²) in [5.41, 5.74) is 3.94. The Morgan fingerprint density at radius 3 is 2.69 bits per heavy atom. The monoisotopic (exact) mass is 510 g/mol. The van der Waals surface area contributed by atoms with Gasteiger partial charge < -0.3 is 5.32 Å². The molecule has 7 heteroatoms. The second-order valence-electron chi connectivity index (χ2n) is 5.71. The molecule has 3 aromatic rings. The smallest absolute Gasteiger partial charge is 0.230 e. The minimum atomic E-state index is -0.0542. The van der Waals surface area contributed by atoms with Crippen molar-refractivity contribution in [1.82, 2.24) is 4.98 Å². The summed E-state index contributed by atoms with van der Waals surface area (Å²) < 4.78 is 3.09. The molecule has 26 heavy (non-hydrogen) atoms. The maximum absolute atomic E-state index is 12.2. The third-order valence-corrected chi connectivity index (χ3v) is 7.15. The highest BCUT2D eigenvalue weighted by molar-refractivity contribution is 9.10. The molecule has 0 unspecified atom stereocenters. The number of thioether (sulfide) groups is 1. The molecule has 0 aliphatic carbocycles. The summed E-state index contributed by atoms with van der Waals surface area (Å²) >= 11 is 10.2. The molecule has 0 aliphatic heterocycles. The van der Waals surface area contributed by atoms with Gasteiger partial charge in [0.1, 0.15) is 4.34 Å². The normalized spacial score (nSPS) is 10.7. The fourth-order valence-corrected chi connectivity index (χ4v) is 4.57. The van der Waals surface area contributed by atoms with Gasteiger partial charge in [0.05, 0.1) is 12.1 Å². The zero-order valence-electron chi connectivity index (χ0n) is 14.0. The van der Waals surface area contributed by atoms with Crippen LogP contribution in [0.3, 0.4) is 0 Å². The van der Waals surface area contributed by atoms with E-state index in [-0.39, 0.29) is 12.3 Å². The molecule has 1 N–H and O–H groups in total. The number of halogens is 2. The summed E-state index contributed by atoms with van der Waals surface area (Å²) in [6, 6.07) is 14.0. The number of hydrogen-bond donors (Lipinski definition) is 1. The molecule has 0 spiro atoms. The molecule has 1 amide bonds. The van der Waals surface area contributed by atoms with Gasteiger partial charge in [0.2, 0.25) is 5.91 Å². The minimum Gasteiger partial charge on any atom is -0.326 e. The average molecular weight is 512 g/mol. The number of thiazole rings is 1. The maximum Gasteiger partial charge on any atom is 0.230 e. The van der Waals surface area contributed by atoms with Gasteiger partial charge in [-0.2, -0.15) is 0 Å². The molecular formula is C19H16Br2N2OS2. The van der Waals surface area contributed by atoms with Crippen LogP contribution in [-0.4, -0.2) is 10.9 Å². The molecule has 1 heterocycles. The summed E-state index contributed by atoms with van der Waals surface area (Å²) in [5, 5.41) is 4.88. The van der Waals surface area contributed by atoms with E-state index in [4.69, 9.17) is 0 Å². The fraction of sp³-hybridized carbons (Fsp3) is 0.158. The van der Waals surface area contributed by atoms with E-state index in [1.54, 1.807) is 23.1 Å². The van der Waals surface area contributed by atoms with Gasteiger partial charge in [-0.1, -0.05) is 55.8 Å². The third kappa shape index (κ3) is 5.67. The lowest BCUT2D eigenvalue weighted by atomic mass is 10.2. The van der Waals surface area contributed by atoms with Crippen LogP contribution in [0.5, 0.6) is 0 Å². The standard InChI is InChI=1S/C19H16Br2N2OS2/c1-12-8-15(6-7-17(12)21)22-18(24)9-16-11-26-19(23-16)25-10-13-2-4-14(20)5-3-13/h2-8,11H,9-10H2,1H3,(H,22,24). The summed E-state index contributed by atoms with van der Waals surface area (Å²) in [6.45, 7) is 2.00. The number of nitrogens with one attached hydrogen (secondary N) is 1. The third-order valence-electron chi connectivity index (χ3n) is 3.59. The molecule has 0 saturated heterocycles. The number of benzene rings is 2. The molecule has 0 saturated carbocycles. The highest BCUT2D eigenvalue weighted by atomic mass is 79.9. The number of aryl methyl sites for hydroxylation is 1. The van der Waals surface area contributed by atoms with Crippen LogP contribution in [0.15, 0.2) is 61.1 Å². The number of amides is 1. The van der Waals surface area contributed by atoms with E-state index in [1.165, 1.54) is 5.56 Å². The number of nitrogens with zero attached hydrogens (tertiary/aromatic N) is 1. The quantitative estimate of drug-likeness (QED) is 0.386. The average Bonchev–Trinajstić information content (AvgIpc) is 3.05. The van der Waals surface area contributed by atoms with Crippen LogP contribution in [0, 0.1) is 6.92 Å². The molecule has 0 bridgehead atoms. The van der Waals surface area contributed by atoms with E-state index < -0.39 is 0 Å². The van der Waals surface area contributed by atoms with Gasteiger partial charge in [-0.15, -0.1) is 11.3 Å².